The highest BCUT2D eigenvalue weighted by Gasteiger charge is 2.14. The fraction of sp³-hybridized carbons (Fsp3) is 0.889. The molecule has 3 nitrogen and oxygen atoms in total. The molecular weight excluding hydrogens is 190 g/mol. The third kappa shape index (κ3) is 6.84. The molecule has 0 aromatic heterocycles. The number of rotatable bonds is 5. The lowest BCUT2D eigenvalue weighted by Gasteiger charge is -2.16. The van der Waals surface area contributed by atoms with Crippen molar-refractivity contribution < 1.29 is 9.90 Å². The van der Waals surface area contributed by atoms with Crippen LogP contribution in [0.4, 0.5) is 0 Å². The van der Waals surface area contributed by atoms with Crippen LogP contribution in [0.3, 0.4) is 0 Å². The normalized spacial score (nSPS) is 14.8. The molecular formula is C9H20ClNO2. The molecule has 0 aromatic carbocycles. The van der Waals surface area contributed by atoms with E-state index in [1.54, 1.807) is 0 Å². The maximum atomic E-state index is 10.4. The van der Waals surface area contributed by atoms with Gasteiger partial charge in [-0.1, -0.05) is 20.8 Å². The zero-order valence-electron chi connectivity index (χ0n) is 8.49. The Bertz CT molecular complexity index is 151. The fourth-order valence-electron chi connectivity index (χ4n) is 0.899. The molecule has 0 amide bonds. The molecule has 0 spiro atoms. The van der Waals surface area contributed by atoms with Gasteiger partial charge in [-0.15, -0.1) is 12.4 Å². The summed E-state index contributed by atoms with van der Waals surface area (Å²) in [6, 6.07) is -0.689. The first-order valence-electron chi connectivity index (χ1n) is 4.43. The van der Waals surface area contributed by atoms with Gasteiger partial charge < -0.3 is 10.8 Å². The first kappa shape index (κ1) is 15.2. The number of carbonyl (C=O) groups is 1. The van der Waals surface area contributed by atoms with Gasteiger partial charge in [0, 0.05) is 0 Å². The number of hydrogen-bond donors (Lipinski definition) is 2. The Morgan fingerprint density at radius 1 is 1.31 bits per heavy atom. The van der Waals surface area contributed by atoms with Crippen molar-refractivity contribution in [2.45, 2.75) is 39.7 Å². The van der Waals surface area contributed by atoms with Crippen LogP contribution in [-0.2, 0) is 4.79 Å². The second-order valence-corrected chi connectivity index (χ2v) is 3.74. The zero-order chi connectivity index (χ0) is 9.72. The largest absolute Gasteiger partial charge is 0.480 e. The molecule has 0 aromatic rings. The van der Waals surface area contributed by atoms with Gasteiger partial charge in [-0.3, -0.25) is 4.79 Å². The number of carboxylic acids is 1. The van der Waals surface area contributed by atoms with Crippen LogP contribution in [0.15, 0.2) is 0 Å². The molecule has 4 heteroatoms. The SMILES string of the molecule is CC(C)C(C)CC[C@H](N)C(=O)O.Cl. The van der Waals surface area contributed by atoms with Crippen LogP contribution in [0.5, 0.6) is 0 Å². The summed E-state index contributed by atoms with van der Waals surface area (Å²) in [6.45, 7) is 6.40. The van der Waals surface area contributed by atoms with Crippen molar-refractivity contribution in [2.75, 3.05) is 0 Å². The molecule has 0 aliphatic carbocycles. The number of hydrogen-bond acceptors (Lipinski definition) is 2. The molecule has 0 saturated carbocycles. The number of carboxylic acid groups (broad SMARTS) is 1. The van der Waals surface area contributed by atoms with E-state index in [-0.39, 0.29) is 12.4 Å². The Balaban J connectivity index is 0. The third-order valence-electron chi connectivity index (χ3n) is 2.39. The van der Waals surface area contributed by atoms with E-state index in [1.807, 2.05) is 0 Å². The lowest BCUT2D eigenvalue weighted by Crippen LogP contribution is -2.30. The summed E-state index contributed by atoms with van der Waals surface area (Å²) in [6.07, 6.45) is 1.47. The van der Waals surface area contributed by atoms with Gasteiger partial charge in [-0.2, -0.15) is 0 Å². The summed E-state index contributed by atoms with van der Waals surface area (Å²) in [5.41, 5.74) is 5.37. The van der Waals surface area contributed by atoms with Gasteiger partial charge in [-0.05, 0) is 24.7 Å². The summed E-state index contributed by atoms with van der Waals surface area (Å²) < 4.78 is 0. The van der Waals surface area contributed by atoms with E-state index >= 15 is 0 Å². The number of halogens is 1. The molecule has 80 valence electrons. The average Bonchev–Trinajstić information content (AvgIpc) is 1.98. The smallest absolute Gasteiger partial charge is 0.320 e. The maximum Gasteiger partial charge on any atom is 0.320 e. The summed E-state index contributed by atoms with van der Waals surface area (Å²) in [4.78, 5) is 10.4. The van der Waals surface area contributed by atoms with Gasteiger partial charge in [0.25, 0.3) is 0 Å². The van der Waals surface area contributed by atoms with Crippen molar-refractivity contribution >= 4 is 18.4 Å². The highest BCUT2D eigenvalue weighted by molar-refractivity contribution is 5.85. The van der Waals surface area contributed by atoms with Crippen molar-refractivity contribution in [3.8, 4) is 0 Å². The first-order chi connectivity index (χ1) is 5.45. The highest BCUT2D eigenvalue weighted by atomic mass is 35.5. The van der Waals surface area contributed by atoms with Crippen LogP contribution in [0.25, 0.3) is 0 Å². The summed E-state index contributed by atoms with van der Waals surface area (Å²) >= 11 is 0. The molecule has 0 fully saturated rings. The van der Waals surface area contributed by atoms with Gasteiger partial charge in [0.05, 0.1) is 0 Å². The van der Waals surface area contributed by atoms with E-state index in [9.17, 15) is 4.79 Å². The molecule has 0 saturated heterocycles. The summed E-state index contributed by atoms with van der Waals surface area (Å²) in [7, 11) is 0. The predicted molar refractivity (Wildman–Crippen MR) is 56.1 cm³/mol. The quantitative estimate of drug-likeness (QED) is 0.727. The van der Waals surface area contributed by atoms with Crippen LogP contribution >= 0.6 is 12.4 Å². The predicted octanol–water partition coefficient (Wildman–Crippen LogP) is 1.89. The average molecular weight is 210 g/mol. The lowest BCUT2D eigenvalue weighted by molar-refractivity contribution is -0.138. The van der Waals surface area contributed by atoms with Crippen molar-refractivity contribution in [2.24, 2.45) is 17.6 Å². The Morgan fingerprint density at radius 2 is 1.77 bits per heavy atom. The highest BCUT2D eigenvalue weighted by Crippen LogP contribution is 2.16. The van der Waals surface area contributed by atoms with Crippen molar-refractivity contribution in [3.05, 3.63) is 0 Å². The van der Waals surface area contributed by atoms with Crippen LogP contribution in [0, 0.1) is 11.8 Å². The van der Waals surface area contributed by atoms with Crippen molar-refractivity contribution in [1.82, 2.24) is 0 Å². The van der Waals surface area contributed by atoms with E-state index in [0.717, 1.165) is 6.42 Å². The molecule has 0 radical (unpaired) electrons. The number of aliphatic carboxylic acids is 1. The van der Waals surface area contributed by atoms with Gasteiger partial charge in [0.2, 0.25) is 0 Å². The zero-order valence-corrected chi connectivity index (χ0v) is 9.30. The van der Waals surface area contributed by atoms with Crippen LogP contribution in [0.2, 0.25) is 0 Å². The van der Waals surface area contributed by atoms with E-state index in [4.69, 9.17) is 10.8 Å². The molecule has 0 heterocycles. The van der Waals surface area contributed by atoms with Crippen LogP contribution in [0.1, 0.15) is 33.6 Å². The van der Waals surface area contributed by atoms with Crippen LogP contribution in [-0.4, -0.2) is 17.1 Å². The Kier molecular flexibility index (Phi) is 8.37. The molecule has 0 aliphatic rings. The molecule has 13 heavy (non-hydrogen) atoms. The minimum atomic E-state index is -0.897. The third-order valence-corrected chi connectivity index (χ3v) is 2.39. The Labute approximate surface area is 86.1 Å². The molecule has 0 rings (SSSR count). The molecule has 0 aliphatic heterocycles. The van der Waals surface area contributed by atoms with Crippen molar-refractivity contribution in [3.63, 3.8) is 0 Å². The monoisotopic (exact) mass is 209 g/mol. The molecule has 2 atom stereocenters. The summed E-state index contributed by atoms with van der Waals surface area (Å²) in [5.74, 6) is 0.257. The van der Waals surface area contributed by atoms with Gasteiger partial charge in [-0.25, -0.2) is 0 Å². The second kappa shape index (κ2) is 7.15. The Morgan fingerprint density at radius 3 is 2.08 bits per heavy atom. The van der Waals surface area contributed by atoms with E-state index < -0.39 is 12.0 Å². The van der Waals surface area contributed by atoms with Crippen LogP contribution < -0.4 is 5.73 Å². The van der Waals surface area contributed by atoms with Gasteiger partial charge >= 0.3 is 5.97 Å². The van der Waals surface area contributed by atoms with E-state index in [0.29, 0.717) is 18.3 Å². The van der Waals surface area contributed by atoms with Crippen molar-refractivity contribution in [1.29, 1.82) is 0 Å². The minimum Gasteiger partial charge on any atom is -0.480 e. The molecule has 1 unspecified atom stereocenters. The maximum absolute atomic E-state index is 10.4. The van der Waals surface area contributed by atoms with Gasteiger partial charge in [0.1, 0.15) is 6.04 Å². The molecule has 3 N–H and O–H groups in total. The van der Waals surface area contributed by atoms with E-state index in [1.165, 1.54) is 0 Å². The summed E-state index contributed by atoms with van der Waals surface area (Å²) in [5, 5.41) is 8.51. The number of nitrogens with two attached hydrogens (primary N) is 1. The standard InChI is InChI=1S/C9H19NO2.ClH/c1-6(2)7(3)4-5-8(10)9(11)12;/h6-8H,4-5,10H2,1-3H3,(H,11,12);1H/t7?,8-;/m0./s1. The Hall–Kier alpha value is -0.280. The second-order valence-electron chi connectivity index (χ2n) is 3.74. The van der Waals surface area contributed by atoms with Gasteiger partial charge in [0.15, 0.2) is 0 Å². The first-order valence-corrected chi connectivity index (χ1v) is 4.43. The molecule has 0 bridgehead atoms. The lowest BCUT2D eigenvalue weighted by atomic mass is 9.92. The minimum absolute atomic E-state index is 0. The van der Waals surface area contributed by atoms with E-state index in [2.05, 4.69) is 20.8 Å². The topological polar surface area (TPSA) is 63.3 Å². The fourth-order valence-corrected chi connectivity index (χ4v) is 0.899.